The minimum absolute atomic E-state index is 0.00481. The minimum Gasteiger partial charge on any atom is -0.489 e. The van der Waals surface area contributed by atoms with Gasteiger partial charge in [0.15, 0.2) is 0 Å². The molecule has 4 nitrogen and oxygen atoms in total. The molecule has 4 aromatic rings. The zero-order valence-electron chi connectivity index (χ0n) is 17.1. The Morgan fingerprint density at radius 1 is 0.938 bits per heavy atom. The van der Waals surface area contributed by atoms with E-state index in [2.05, 4.69) is 35.6 Å². The molecule has 0 aromatic heterocycles. The van der Waals surface area contributed by atoms with Crippen LogP contribution in [0.2, 0.25) is 5.02 Å². The number of amides is 1. The van der Waals surface area contributed by atoms with E-state index in [1.807, 2.05) is 30.3 Å². The van der Waals surface area contributed by atoms with Gasteiger partial charge in [-0.2, -0.15) is 5.26 Å². The summed E-state index contributed by atoms with van der Waals surface area (Å²) < 4.78 is 5.89. The first kappa shape index (κ1) is 21.2. The van der Waals surface area contributed by atoms with Crippen LogP contribution in [0.1, 0.15) is 11.1 Å². The van der Waals surface area contributed by atoms with Crippen molar-refractivity contribution in [3.63, 3.8) is 0 Å². The Labute approximate surface area is 191 Å². The van der Waals surface area contributed by atoms with Crippen LogP contribution in [0, 0.1) is 11.3 Å². The Kier molecular flexibility index (Phi) is 6.50. The van der Waals surface area contributed by atoms with Crippen molar-refractivity contribution >= 4 is 40.0 Å². The Hall–Kier alpha value is -4.07. The van der Waals surface area contributed by atoms with Crippen molar-refractivity contribution in [1.82, 2.24) is 0 Å². The Bertz CT molecular complexity index is 1340. The number of carbonyl (C=O) groups excluding carboxylic acids is 1. The third kappa shape index (κ3) is 5.34. The molecule has 0 fully saturated rings. The number of nitriles is 1. The molecule has 4 rings (SSSR count). The maximum absolute atomic E-state index is 12.4. The summed E-state index contributed by atoms with van der Waals surface area (Å²) in [4.78, 5) is 12.4. The zero-order valence-corrected chi connectivity index (χ0v) is 17.8. The molecular weight excluding hydrogens is 420 g/mol. The van der Waals surface area contributed by atoms with E-state index in [1.165, 1.54) is 16.8 Å². The van der Waals surface area contributed by atoms with Crippen molar-refractivity contribution in [3.05, 3.63) is 113 Å². The van der Waals surface area contributed by atoms with E-state index in [4.69, 9.17) is 16.3 Å². The van der Waals surface area contributed by atoms with Gasteiger partial charge < -0.3 is 10.1 Å². The van der Waals surface area contributed by atoms with Crippen molar-refractivity contribution < 1.29 is 9.53 Å². The molecule has 0 heterocycles. The number of nitrogens with zero attached hydrogens (tertiary/aromatic N) is 1. The molecule has 0 saturated heterocycles. The number of ether oxygens (including phenoxy) is 1. The number of rotatable bonds is 6. The lowest BCUT2D eigenvalue weighted by atomic mass is 10.1. The number of nitrogens with one attached hydrogen (secondary N) is 1. The minimum atomic E-state index is -0.494. The summed E-state index contributed by atoms with van der Waals surface area (Å²) in [5.41, 5.74) is 2.33. The highest BCUT2D eigenvalue weighted by Crippen LogP contribution is 2.20. The van der Waals surface area contributed by atoms with Gasteiger partial charge in [0.05, 0.1) is 0 Å². The number of halogens is 1. The zero-order chi connectivity index (χ0) is 22.3. The molecule has 0 aliphatic carbocycles. The van der Waals surface area contributed by atoms with E-state index in [0.29, 0.717) is 23.1 Å². The van der Waals surface area contributed by atoms with Crippen LogP contribution in [-0.4, -0.2) is 5.91 Å². The lowest BCUT2D eigenvalue weighted by molar-refractivity contribution is -0.112. The van der Waals surface area contributed by atoms with Gasteiger partial charge >= 0.3 is 0 Å². The lowest BCUT2D eigenvalue weighted by Gasteiger charge is -2.08. The van der Waals surface area contributed by atoms with E-state index in [0.717, 1.165) is 11.1 Å². The van der Waals surface area contributed by atoms with E-state index in [9.17, 15) is 10.1 Å². The summed E-state index contributed by atoms with van der Waals surface area (Å²) in [5.74, 6) is 0.212. The van der Waals surface area contributed by atoms with Crippen LogP contribution in [0.3, 0.4) is 0 Å². The largest absolute Gasteiger partial charge is 0.489 e. The van der Waals surface area contributed by atoms with Gasteiger partial charge in [-0.05, 0) is 64.4 Å². The molecule has 0 spiro atoms. The first-order chi connectivity index (χ1) is 15.6. The average molecular weight is 439 g/mol. The number of hydrogen-bond acceptors (Lipinski definition) is 3. The van der Waals surface area contributed by atoms with Crippen LogP contribution < -0.4 is 10.1 Å². The topological polar surface area (TPSA) is 62.1 Å². The lowest BCUT2D eigenvalue weighted by Crippen LogP contribution is -2.13. The van der Waals surface area contributed by atoms with Crippen molar-refractivity contribution in [2.24, 2.45) is 0 Å². The highest BCUT2D eigenvalue weighted by atomic mass is 35.5. The normalized spacial score (nSPS) is 11.1. The predicted octanol–water partition coefficient (Wildman–Crippen LogP) is 6.62. The number of carbonyl (C=O) groups is 1. The Morgan fingerprint density at radius 3 is 2.47 bits per heavy atom. The van der Waals surface area contributed by atoms with Crippen molar-refractivity contribution in [1.29, 1.82) is 5.26 Å². The van der Waals surface area contributed by atoms with Gasteiger partial charge in [-0.1, -0.05) is 66.2 Å². The van der Waals surface area contributed by atoms with Gasteiger partial charge in [-0.3, -0.25) is 4.79 Å². The van der Waals surface area contributed by atoms with Crippen LogP contribution in [0.5, 0.6) is 5.75 Å². The van der Waals surface area contributed by atoms with Crippen molar-refractivity contribution in [2.45, 2.75) is 6.61 Å². The Morgan fingerprint density at radius 2 is 1.72 bits per heavy atom. The molecular formula is C27H19ClN2O2. The number of fused-ring (bicyclic) bond motifs is 1. The molecule has 0 aliphatic heterocycles. The second-order valence-electron chi connectivity index (χ2n) is 7.17. The van der Waals surface area contributed by atoms with Crippen LogP contribution in [0.25, 0.3) is 16.8 Å². The summed E-state index contributed by atoms with van der Waals surface area (Å²) in [6.07, 6.45) is 1.53. The van der Waals surface area contributed by atoms with Gasteiger partial charge in [-0.15, -0.1) is 0 Å². The van der Waals surface area contributed by atoms with E-state index >= 15 is 0 Å². The smallest absolute Gasteiger partial charge is 0.266 e. The van der Waals surface area contributed by atoms with Gasteiger partial charge in [0.1, 0.15) is 24.0 Å². The molecule has 32 heavy (non-hydrogen) atoms. The molecule has 1 N–H and O–H groups in total. The maximum Gasteiger partial charge on any atom is 0.266 e. The second-order valence-corrected chi connectivity index (χ2v) is 7.61. The van der Waals surface area contributed by atoms with E-state index < -0.39 is 5.91 Å². The van der Waals surface area contributed by atoms with Gasteiger partial charge in [0.2, 0.25) is 0 Å². The van der Waals surface area contributed by atoms with E-state index in [-0.39, 0.29) is 5.57 Å². The summed E-state index contributed by atoms with van der Waals surface area (Å²) in [5, 5.41) is 15.0. The molecule has 0 unspecified atom stereocenters. The number of anilines is 1. The highest BCUT2D eigenvalue weighted by molar-refractivity contribution is 6.31. The second kappa shape index (κ2) is 9.82. The fraction of sp³-hybridized carbons (Fsp3) is 0.0370. The van der Waals surface area contributed by atoms with Crippen LogP contribution >= 0.6 is 11.6 Å². The van der Waals surface area contributed by atoms with Gasteiger partial charge in [-0.25, -0.2) is 0 Å². The average Bonchev–Trinajstić information content (AvgIpc) is 2.81. The third-order valence-electron chi connectivity index (χ3n) is 4.86. The van der Waals surface area contributed by atoms with Gasteiger partial charge in [0, 0.05) is 10.7 Å². The van der Waals surface area contributed by atoms with Crippen molar-refractivity contribution in [3.8, 4) is 11.8 Å². The van der Waals surface area contributed by atoms with Crippen LogP contribution in [-0.2, 0) is 11.4 Å². The summed E-state index contributed by atoms with van der Waals surface area (Å²) in [7, 11) is 0. The fourth-order valence-electron chi connectivity index (χ4n) is 3.24. The van der Waals surface area contributed by atoms with Gasteiger partial charge in [0.25, 0.3) is 5.91 Å². The molecule has 0 saturated carbocycles. The molecule has 0 atom stereocenters. The molecule has 1 amide bonds. The molecule has 4 aromatic carbocycles. The number of hydrogen-bond donors (Lipinski definition) is 1. The van der Waals surface area contributed by atoms with Crippen molar-refractivity contribution in [2.75, 3.05) is 5.32 Å². The standard InChI is InChI=1S/C27H19ClN2O2/c28-24-6-3-7-25(16-24)30-27(31)23(17-29)14-19-9-12-26(13-10-19)32-18-20-8-11-21-4-1-2-5-22(21)15-20/h1-16H,18H2,(H,30,31)/b23-14+. The molecule has 5 heteroatoms. The summed E-state index contributed by atoms with van der Waals surface area (Å²) >= 11 is 5.93. The third-order valence-corrected chi connectivity index (χ3v) is 5.09. The Balaban J connectivity index is 1.40. The monoisotopic (exact) mass is 438 g/mol. The molecule has 156 valence electrons. The first-order valence-corrected chi connectivity index (χ1v) is 10.4. The van der Waals surface area contributed by atoms with E-state index in [1.54, 1.807) is 36.4 Å². The highest BCUT2D eigenvalue weighted by Gasteiger charge is 2.10. The summed E-state index contributed by atoms with van der Waals surface area (Å²) in [6.45, 7) is 0.450. The maximum atomic E-state index is 12.4. The molecule has 0 bridgehead atoms. The SMILES string of the molecule is N#C/C(=C\c1ccc(OCc2ccc3ccccc3c2)cc1)C(=O)Nc1cccc(Cl)c1. The quantitative estimate of drug-likeness (QED) is 0.272. The van der Waals surface area contributed by atoms with Crippen LogP contribution in [0.4, 0.5) is 5.69 Å². The number of benzene rings is 4. The first-order valence-electron chi connectivity index (χ1n) is 10.00. The molecule has 0 aliphatic rings. The summed E-state index contributed by atoms with van der Waals surface area (Å²) in [6, 6.07) is 30.4. The fourth-order valence-corrected chi connectivity index (χ4v) is 3.43. The predicted molar refractivity (Wildman–Crippen MR) is 128 cm³/mol. The molecule has 0 radical (unpaired) electrons. The van der Waals surface area contributed by atoms with Crippen LogP contribution in [0.15, 0.2) is 96.6 Å².